The van der Waals surface area contributed by atoms with Crippen LogP contribution in [0, 0.1) is 28.5 Å². The van der Waals surface area contributed by atoms with Crippen molar-refractivity contribution in [1.82, 2.24) is 4.90 Å². The van der Waals surface area contributed by atoms with Crippen molar-refractivity contribution in [2.75, 3.05) is 31.1 Å². The van der Waals surface area contributed by atoms with Gasteiger partial charge in [-0.1, -0.05) is 23.7 Å². The molecule has 1 fully saturated rings. The maximum atomic E-state index is 13.2. The van der Waals surface area contributed by atoms with Crippen LogP contribution < -0.4 is 4.90 Å². The van der Waals surface area contributed by atoms with E-state index in [2.05, 4.69) is 9.80 Å². The van der Waals surface area contributed by atoms with Crippen LogP contribution in [0.3, 0.4) is 0 Å². The minimum atomic E-state index is -0.243. The molecule has 0 aliphatic carbocycles. The number of hydrogen-bond donors (Lipinski definition) is 0. The van der Waals surface area contributed by atoms with Gasteiger partial charge in [0.2, 0.25) is 0 Å². The molecule has 0 unspecified atom stereocenters. The van der Waals surface area contributed by atoms with Crippen LogP contribution in [0.1, 0.15) is 5.56 Å². The van der Waals surface area contributed by atoms with Crippen LogP contribution in [0.4, 0.5) is 10.1 Å². The molecule has 0 N–H and O–H groups in total. The van der Waals surface area contributed by atoms with Crippen LogP contribution in [0.25, 0.3) is 5.70 Å². The van der Waals surface area contributed by atoms with Gasteiger partial charge in [-0.2, -0.15) is 10.5 Å². The molecule has 0 spiro atoms. The summed E-state index contributed by atoms with van der Waals surface area (Å²) in [6.07, 6.45) is 3.34. The lowest BCUT2D eigenvalue weighted by atomic mass is 10.1. The van der Waals surface area contributed by atoms with Crippen LogP contribution in [-0.2, 0) is 0 Å². The van der Waals surface area contributed by atoms with E-state index in [0.29, 0.717) is 5.02 Å². The van der Waals surface area contributed by atoms with Crippen LogP contribution in [-0.4, -0.2) is 31.1 Å². The lowest BCUT2D eigenvalue weighted by molar-refractivity contribution is 0.367. The van der Waals surface area contributed by atoms with Gasteiger partial charge >= 0.3 is 0 Å². The summed E-state index contributed by atoms with van der Waals surface area (Å²) in [6, 6.07) is 17.8. The SMILES string of the molecule is N#CC(C#N)=CC=C(c1ccc(Cl)cc1)N1CCN(c2ccc(F)cc2)CC1. The number of nitriles is 2. The largest absolute Gasteiger partial charge is 0.368 e. The number of nitrogens with zero attached hydrogens (tertiary/aromatic N) is 4. The minimum absolute atomic E-state index is 0.0522. The Labute approximate surface area is 169 Å². The molecule has 1 heterocycles. The topological polar surface area (TPSA) is 54.1 Å². The van der Waals surface area contributed by atoms with Crippen molar-refractivity contribution in [3.63, 3.8) is 0 Å². The third-order valence-electron chi connectivity index (χ3n) is 4.60. The normalized spacial score (nSPS) is 14.2. The first-order valence-corrected chi connectivity index (χ1v) is 9.22. The highest BCUT2D eigenvalue weighted by Crippen LogP contribution is 2.25. The molecule has 0 saturated carbocycles. The number of rotatable bonds is 4. The Morgan fingerprint density at radius 2 is 1.50 bits per heavy atom. The van der Waals surface area contributed by atoms with Crippen molar-refractivity contribution in [1.29, 1.82) is 10.5 Å². The molecule has 2 aromatic rings. The average Bonchev–Trinajstić information content (AvgIpc) is 2.73. The van der Waals surface area contributed by atoms with E-state index in [-0.39, 0.29) is 11.4 Å². The van der Waals surface area contributed by atoms with Crippen molar-refractivity contribution in [2.24, 2.45) is 0 Å². The molecule has 4 nitrogen and oxygen atoms in total. The number of halogens is 2. The maximum absolute atomic E-state index is 13.2. The van der Waals surface area contributed by atoms with Crippen LogP contribution in [0.15, 0.2) is 66.3 Å². The fourth-order valence-corrected chi connectivity index (χ4v) is 3.25. The number of benzene rings is 2. The average molecular weight is 393 g/mol. The maximum Gasteiger partial charge on any atom is 0.129 e. The highest BCUT2D eigenvalue weighted by molar-refractivity contribution is 6.30. The van der Waals surface area contributed by atoms with E-state index < -0.39 is 0 Å². The Balaban J connectivity index is 1.82. The highest BCUT2D eigenvalue weighted by atomic mass is 35.5. The summed E-state index contributed by atoms with van der Waals surface area (Å²) in [5, 5.41) is 18.7. The molecular formula is C22H18ClFN4. The third kappa shape index (κ3) is 4.71. The van der Waals surface area contributed by atoms with E-state index in [4.69, 9.17) is 22.1 Å². The zero-order valence-corrected chi connectivity index (χ0v) is 15.9. The van der Waals surface area contributed by atoms with Gasteiger partial charge in [-0.05, 0) is 54.1 Å². The van der Waals surface area contributed by atoms with E-state index >= 15 is 0 Å². The first-order chi connectivity index (χ1) is 13.6. The van der Waals surface area contributed by atoms with Gasteiger partial charge in [0, 0.05) is 42.6 Å². The summed E-state index contributed by atoms with van der Waals surface area (Å²) < 4.78 is 13.2. The first kappa shape index (κ1) is 19.5. The van der Waals surface area contributed by atoms with Gasteiger partial charge in [0.25, 0.3) is 0 Å². The first-order valence-electron chi connectivity index (χ1n) is 8.84. The monoisotopic (exact) mass is 392 g/mol. The molecule has 0 atom stereocenters. The smallest absolute Gasteiger partial charge is 0.129 e. The molecule has 1 aliphatic heterocycles. The fraction of sp³-hybridized carbons (Fsp3) is 0.182. The zero-order valence-electron chi connectivity index (χ0n) is 15.1. The summed E-state index contributed by atoms with van der Waals surface area (Å²) >= 11 is 6.01. The fourth-order valence-electron chi connectivity index (χ4n) is 3.12. The third-order valence-corrected chi connectivity index (χ3v) is 4.85. The van der Waals surface area contributed by atoms with Crippen LogP contribution in [0.5, 0.6) is 0 Å². The Morgan fingerprint density at radius 3 is 2.07 bits per heavy atom. The van der Waals surface area contributed by atoms with E-state index in [1.54, 1.807) is 18.2 Å². The summed E-state index contributed by atoms with van der Waals surface area (Å²) in [5.41, 5.74) is 2.94. The molecule has 0 radical (unpaired) electrons. The van der Waals surface area contributed by atoms with Gasteiger partial charge in [-0.3, -0.25) is 0 Å². The quantitative estimate of drug-likeness (QED) is 0.563. The Bertz CT molecular complexity index is 942. The predicted octanol–water partition coefficient (Wildman–Crippen LogP) is 4.62. The van der Waals surface area contributed by atoms with Gasteiger partial charge < -0.3 is 9.80 Å². The van der Waals surface area contributed by atoms with Gasteiger partial charge in [0.1, 0.15) is 23.5 Å². The van der Waals surface area contributed by atoms with Gasteiger partial charge in [-0.25, -0.2) is 4.39 Å². The molecule has 0 aromatic heterocycles. The minimum Gasteiger partial charge on any atom is -0.368 e. The van der Waals surface area contributed by atoms with Crippen molar-refractivity contribution in [3.8, 4) is 12.1 Å². The van der Waals surface area contributed by atoms with E-state index in [1.165, 1.54) is 18.2 Å². The van der Waals surface area contributed by atoms with E-state index in [0.717, 1.165) is 43.1 Å². The van der Waals surface area contributed by atoms with Gasteiger partial charge in [0.15, 0.2) is 0 Å². The molecule has 1 saturated heterocycles. The molecule has 0 amide bonds. The predicted molar refractivity (Wildman–Crippen MR) is 109 cm³/mol. The molecule has 3 rings (SSSR count). The summed E-state index contributed by atoms with van der Waals surface area (Å²) in [5.74, 6) is -0.243. The molecule has 1 aliphatic rings. The second kappa shape index (κ2) is 9.08. The lowest BCUT2D eigenvalue weighted by Crippen LogP contribution is -2.45. The molecule has 2 aromatic carbocycles. The van der Waals surface area contributed by atoms with Crippen LogP contribution in [0.2, 0.25) is 5.02 Å². The number of anilines is 1. The van der Waals surface area contributed by atoms with Crippen molar-refractivity contribution in [3.05, 3.63) is 82.7 Å². The molecular weight excluding hydrogens is 375 g/mol. The van der Waals surface area contributed by atoms with E-state index in [9.17, 15) is 4.39 Å². The zero-order chi connectivity index (χ0) is 19.9. The van der Waals surface area contributed by atoms with E-state index in [1.807, 2.05) is 36.4 Å². The summed E-state index contributed by atoms with van der Waals surface area (Å²) in [6.45, 7) is 3.08. The van der Waals surface area contributed by atoms with Gasteiger partial charge in [0.05, 0.1) is 0 Å². The number of hydrogen-bond acceptors (Lipinski definition) is 4. The van der Waals surface area contributed by atoms with Crippen molar-refractivity contribution in [2.45, 2.75) is 0 Å². The van der Waals surface area contributed by atoms with Gasteiger partial charge in [-0.15, -0.1) is 0 Å². The number of piperazine rings is 1. The Morgan fingerprint density at radius 1 is 0.893 bits per heavy atom. The second-order valence-electron chi connectivity index (χ2n) is 6.31. The summed E-state index contributed by atoms with van der Waals surface area (Å²) in [4.78, 5) is 4.42. The Kier molecular flexibility index (Phi) is 6.32. The van der Waals surface area contributed by atoms with Crippen molar-refractivity contribution < 1.29 is 4.39 Å². The summed E-state index contributed by atoms with van der Waals surface area (Å²) in [7, 11) is 0. The highest BCUT2D eigenvalue weighted by Gasteiger charge is 2.20. The second-order valence-corrected chi connectivity index (χ2v) is 6.75. The Hall–Kier alpha value is -3.28. The molecule has 28 heavy (non-hydrogen) atoms. The molecule has 140 valence electrons. The molecule has 6 heteroatoms. The molecule has 0 bridgehead atoms. The standard InChI is InChI=1S/C22H18ClFN4/c23-19-4-2-18(3-5-19)22(10-1-17(15-25)16-26)28-13-11-27(12-14-28)21-8-6-20(24)7-9-21/h1-10H,11-14H2. The number of allylic oxidation sites excluding steroid dienone is 3. The van der Waals surface area contributed by atoms with Crippen LogP contribution >= 0.6 is 11.6 Å². The lowest BCUT2D eigenvalue weighted by Gasteiger charge is -2.38. The van der Waals surface area contributed by atoms with Crippen molar-refractivity contribution >= 4 is 23.0 Å².